The summed E-state index contributed by atoms with van der Waals surface area (Å²) in [5, 5.41) is 0.633. The van der Waals surface area contributed by atoms with Crippen molar-refractivity contribution >= 4 is 17.5 Å². The molecule has 0 aliphatic rings. The lowest BCUT2D eigenvalue weighted by Crippen LogP contribution is -2.32. The second-order valence-corrected chi connectivity index (χ2v) is 5.28. The van der Waals surface area contributed by atoms with E-state index in [0.717, 1.165) is 12.0 Å². The van der Waals surface area contributed by atoms with Gasteiger partial charge in [-0.25, -0.2) is 0 Å². The molecular formula is C16H17ClN2O2. The minimum absolute atomic E-state index is 0.156. The third-order valence-electron chi connectivity index (χ3n) is 3.20. The molecule has 1 N–H and O–H groups in total. The zero-order valence-electron chi connectivity index (χ0n) is 12.0. The first-order chi connectivity index (χ1) is 10.0. The van der Waals surface area contributed by atoms with E-state index >= 15 is 0 Å². The molecule has 0 aliphatic heterocycles. The fraction of sp³-hybridized carbons (Fsp3) is 0.250. The molecule has 0 aliphatic carbocycles. The molecule has 4 nitrogen and oxygen atoms in total. The molecular weight excluding hydrogens is 288 g/mol. The van der Waals surface area contributed by atoms with Crippen LogP contribution in [0.2, 0.25) is 5.02 Å². The highest BCUT2D eigenvalue weighted by atomic mass is 35.5. The Balaban J connectivity index is 2.31. The molecule has 1 aromatic carbocycles. The number of benzene rings is 1. The fourth-order valence-electron chi connectivity index (χ4n) is 2.08. The van der Waals surface area contributed by atoms with Crippen LogP contribution in [0.15, 0.2) is 41.2 Å². The molecule has 1 heterocycles. The second kappa shape index (κ2) is 6.59. The fourth-order valence-corrected chi connectivity index (χ4v) is 2.21. The summed E-state index contributed by atoms with van der Waals surface area (Å²) >= 11 is 5.84. The van der Waals surface area contributed by atoms with Crippen molar-refractivity contribution in [2.75, 3.05) is 13.6 Å². The van der Waals surface area contributed by atoms with E-state index in [2.05, 4.69) is 4.98 Å². The van der Waals surface area contributed by atoms with Crippen molar-refractivity contribution < 1.29 is 4.79 Å². The maximum Gasteiger partial charge on any atom is 0.261 e. The van der Waals surface area contributed by atoms with E-state index < -0.39 is 0 Å². The van der Waals surface area contributed by atoms with Gasteiger partial charge >= 0.3 is 0 Å². The predicted molar refractivity (Wildman–Crippen MR) is 84.8 cm³/mol. The normalized spacial score (nSPS) is 10.4. The van der Waals surface area contributed by atoms with E-state index in [-0.39, 0.29) is 17.0 Å². The van der Waals surface area contributed by atoms with Gasteiger partial charge in [-0.3, -0.25) is 9.59 Å². The lowest BCUT2D eigenvalue weighted by atomic mass is 10.1. The Morgan fingerprint density at radius 1 is 1.19 bits per heavy atom. The topological polar surface area (TPSA) is 53.2 Å². The number of pyridine rings is 1. The molecule has 21 heavy (non-hydrogen) atoms. The molecule has 1 amide bonds. The van der Waals surface area contributed by atoms with Crippen LogP contribution in [0, 0.1) is 0 Å². The quantitative estimate of drug-likeness (QED) is 0.943. The summed E-state index contributed by atoms with van der Waals surface area (Å²) in [4.78, 5) is 28.5. The number of carbonyl (C=O) groups is 1. The highest BCUT2D eigenvalue weighted by Crippen LogP contribution is 2.18. The average molecular weight is 305 g/mol. The first kappa shape index (κ1) is 15.3. The first-order valence-electron chi connectivity index (χ1n) is 6.77. The number of nitrogens with zero attached hydrogens (tertiary/aromatic N) is 1. The average Bonchev–Trinajstić information content (AvgIpc) is 2.47. The molecule has 0 unspecified atom stereocenters. The minimum Gasteiger partial charge on any atom is -0.342 e. The number of rotatable bonds is 4. The van der Waals surface area contributed by atoms with Crippen molar-refractivity contribution in [1.29, 1.82) is 0 Å². The molecule has 0 atom stereocenters. The minimum atomic E-state index is -0.379. The molecule has 0 saturated carbocycles. The number of aromatic nitrogens is 1. The number of halogens is 1. The molecule has 0 radical (unpaired) electrons. The smallest absolute Gasteiger partial charge is 0.261 e. The zero-order chi connectivity index (χ0) is 15.4. The van der Waals surface area contributed by atoms with Gasteiger partial charge in [0.2, 0.25) is 0 Å². The van der Waals surface area contributed by atoms with Gasteiger partial charge in [-0.15, -0.1) is 0 Å². The number of carbonyl (C=O) groups excluding carboxylic acids is 1. The van der Waals surface area contributed by atoms with Crippen LogP contribution in [-0.4, -0.2) is 29.4 Å². The number of aromatic amines is 1. The van der Waals surface area contributed by atoms with E-state index in [1.807, 2.05) is 19.1 Å². The number of hydrogen-bond acceptors (Lipinski definition) is 2. The number of amides is 1. The summed E-state index contributed by atoms with van der Waals surface area (Å²) in [5.74, 6) is -0.263. The molecule has 2 aromatic rings. The van der Waals surface area contributed by atoms with Crippen molar-refractivity contribution in [3.8, 4) is 11.3 Å². The van der Waals surface area contributed by atoms with Crippen LogP contribution in [-0.2, 0) is 0 Å². The van der Waals surface area contributed by atoms with Gasteiger partial charge in [0.15, 0.2) is 0 Å². The van der Waals surface area contributed by atoms with E-state index in [1.54, 1.807) is 36.2 Å². The summed E-state index contributed by atoms with van der Waals surface area (Å²) < 4.78 is 0. The molecule has 110 valence electrons. The van der Waals surface area contributed by atoms with E-state index in [9.17, 15) is 9.59 Å². The molecule has 0 bridgehead atoms. The Morgan fingerprint density at radius 2 is 1.86 bits per heavy atom. The largest absolute Gasteiger partial charge is 0.342 e. The molecule has 5 heteroatoms. The van der Waals surface area contributed by atoms with Crippen LogP contribution in [0.25, 0.3) is 11.3 Å². The van der Waals surface area contributed by atoms with Crippen LogP contribution >= 0.6 is 11.6 Å². The Bertz CT molecular complexity index is 692. The summed E-state index contributed by atoms with van der Waals surface area (Å²) in [6.45, 7) is 2.61. The highest BCUT2D eigenvalue weighted by Gasteiger charge is 2.15. The molecule has 1 aromatic heterocycles. The predicted octanol–water partition coefficient (Wildman–Crippen LogP) is 3.18. The van der Waals surface area contributed by atoms with Crippen LogP contribution in [0.4, 0.5) is 0 Å². The SMILES string of the molecule is CCCN(C)C(=O)c1ccc(-c2ccc(Cl)cc2)[nH]c1=O. The van der Waals surface area contributed by atoms with Gasteiger partial charge in [-0.1, -0.05) is 30.7 Å². The van der Waals surface area contributed by atoms with Gasteiger partial charge in [0.1, 0.15) is 5.56 Å². The van der Waals surface area contributed by atoms with Crippen LogP contribution in [0.3, 0.4) is 0 Å². The van der Waals surface area contributed by atoms with Gasteiger partial charge in [-0.2, -0.15) is 0 Å². The molecule has 0 saturated heterocycles. The van der Waals surface area contributed by atoms with Crippen molar-refractivity contribution in [2.45, 2.75) is 13.3 Å². The third-order valence-corrected chi connectivity index (χ3v) is 3.45. The standard InChI is InChI=1S/C16H17ClN2O2/c1-3-10-19(2)16(21)13-8-9-14(18-15(13)20)11-4-6-12(17)7-5-11/h4-9H,3,10H2,1-2H3,(H,18,20). The monoisotopic (exact) mass is 304 g/mol. The Labute approximate surface area is 128 Å². The second-order valence-electron chi connectivity index (χ2n) is 4.85. The number of hydrogen-bond donors (Lipinski definition) is 1. The first-order valence-corrected chi connectivity index (χ1v) is 7.15. The van der Waals surface area contributed by atoms with Gasteiger partial charge in [0.25, 0.3) is 11.5 Å². The van der Waals surface area contributed by atoms with Gasteiger partial charge in [0, 0.05) is 24.3 Å². The summed E-state index contributed by atoms with van der Waals surface area (Å²) in [5.41, 5.74) is 1.28. The lowest BCUT2D eigenvalue weighted by molar-refractivity contribution is 0.0793. The van der Waals surface area contributed by atoms with Crippen molar-refractivity contribution in [2.24, 2.45) is 0 Å². The van der Waals surface area contributed by atoms with Gasteiger partial charge in [0.05, 0.1) is 0 Å². The van der Waals surface area contributed by atoms with Crippen molar-refractivity contribution in [3.63, 3.8) is 0 Å². The Hall–Kier alpha value is -2.07. The Kier molecular flexibility index (Phi) is 4.81. The number of H-pyrrole nitrogens is 1. The summed E-state index contributed by atoms with van der Waals surface area (Å²) in [6, 6.07) is 10.4. The van der Waals surface area contributed by atoms with E-state index in [0.29, 0.717) is 17.3 Å². The van der Waals surface area contributed by atoms with Gasteiger partial charge < -0.3 is 9.88 Å². The summed E-state index contributed by atoms with van der Waals surface area (Å²) in [6.07, 6.45) is 0.850. The third kappa shape index (κ3) is 3.52. The van der Waals surface area contributed by atoms with Crippen molar-refractivity contribution in [3.05, 3.63) is 57.3 Å². The zero-order valence-corrected chi connectivity index (χ0v) is 12.8. The number of nitrogens with one attached hydrogen (secondary N) is 1. The maximum absolute atomic E-state index is 12.1. The van der Waals surface area contributed by atoms with E-state index in [4.69, 9.17) is 11.6 Å². The molecule has 0 fully saturated rings. The lowest BCUT2D eigenvalue weighted by Gasteiger charge is -2.15. The highest BCUT2D eigenvalue weighted by molar-refractivity contribution is 6.30. The Morgan fingerprint density at radius 3 is 2.43 bits per heavy atom. The maximum atomic E-state index is 12.1. The van der Waals surface area contributed by atoms with E-state index in [1.165, 1.54) is 0 Å². The van der Waals surface area contributed by atoms with Crippen LogP contribution < -0.4 is 5.56 Å². The van der Waals surface area contributed by atoms with Crippen molar-refractivity contribution in [1.82, 2.24) is 9.88 Å². The van der Waals surface area contributed by atoms with Crippen LogP contribution in [0.5, 0.6) is 0 Å². The molecule has 0 spiro atoms. The summed E-state index contributed by atoms with van der Waals surface area (Å²) in [7, 11) is 1.69. The molecule has 2 rings (SSSR count). The van der Waals surface area contributed by atoms with Crippen LogP contribution in [0.1, 0.15) is 23.7 Å². The van der Waals surface area contributed by atoms with Gasteiger partial charge in [-0.05, 0) is 36.2 Å².